The average Bonchev–Trinajstić information content (AvgIpc) is 3.17. The first-order chi connectivity index (χ1) is 15.2. The summed E-state index contributed by atoms with van der Waals surface area (Å²) < 4.78 is 5.32. The van der Waals surface area contributed by atoms with Crippen LogP contribution in [0.4, 0.5) is 0 Å². The molecule has 3 aliphatic rings. The van der Waals surface area contributed by atoms with E-state index in [0.717, 1.165) is 38.0 Å². The van der Waals surface area contributed by atoms with E-state index in [2.05, 4.69) is 22.0 Å². The Hall–Kier alpha value is -2.89. The molecule has 2 amide bonds. The molecule has 0 bridgehead atoms. The Kier molecular flexibility index (Phi) is 5.38. The Bertz CT molecular complexity index is 942. The van der Waals surface area contributed by atoms with Crippen LogP contribution < -0.4 is 4.74 Å². The third-order valence-corrected chi connectivity index (χ3v) is 7.38. The molecule has 3 atom stereocenters. The highest BCUT2D eigenvalue weighted by Gasteiger charge is 2.49. The predicted octanol–water partition coefficient (Wildman–Crippen LogP) is 3.35. The first-order valence-corrected chi connectivity index (χ1v) is 11.3. The Morgan fingerprint density at radius 2 is 1.84 bits per heavy atom. The first kappa shape index (κ1) is 20.0. The van der Waals surface area contributed by atoms with Crippen molar-refractivity contribution in [3.05, 3.63) is 59.9 Å². The van der Waals surface area contributed by atoms with Gasteiger partial charge in [0.25, 0.3) is 5.91 Å². The van der Waals surface area contributed by atoms with E-state index in [0.29, 0.717) is 24.7 Å². The Labute approximate surface area is 183 Å². The van der Waals surface area contributed by atoms with Gasteiger partial charge in [0.15, 0.2) is 0 Å². The van der Waals surface area contributed by atoms with Gasteiger partial charge in [-0.1, -0.05) is 24.6 Å². The van der Waals surface area contributed by atoms with Crippen molar-refractivity contribution in [1.29, 1.82) is 0 Å². The number of amides is 2. The molecule has 2 aliphatic heterocycles. The molecule has 0 unspecified atom stereocenters. The number of aromatic nitrogens is 1. The van der Waals surface area contributed by atoms with Gasteiger partial charge in [-0.05, 0) is 49.1 Å². The van der Waals surface area contributed by atoms with E-state index in [-0.39, 0.29) is 29.7 Å². The monoisotopic (exact) mass is 419 g/mol. The summed E-state index contributed by atoms with van der Waals surface area (Å²) in [6, 6.07) is 13.8. The normalized spacial score (nSPS) is 25.6. The quantitative estimate of drug-likeness (QED) is 0.763. The number of carbonyl (C=O) groups is 2. The van der Waals surface area contributed by atoms with Gasteiger partial charge in [0.05, 0.1) is 7.11 Å². The third kappa shape index (κ3) is 3.68. The number of hydrogen-bond donors (Lipinski definition) is 0. The second-order valence-corrected chi connectivity index (χ2v) is 8.98. The van der Waals surface area contributed by atoms with Crippen LogP contribution >= 0.6 is 0 Å². The molecular weight excluding hydrogens is 390 g/mol. The summed E-state index contributed by atoms with van der Waals surface area (Å²) in [5.74, 6) is 1.79. The van der Waals surface area contributed by atoms with Crippen molar-refractivity contribution in [2.24, 2.45) is 11.8 Å². The lowest BCUT2D eigenvalue weighted by molar-refractivity contribution is -0.139. The van der Waals surface area contributed by atoms with Gasteiger partial charge in [-0.15, -0.1) is 0 Å². The zero-order valence-corrected chi connectivity index (χ0v) is 17.9. The van der Waals surface area contributed by atoms with Gasteiger partial charge in [-0.3, -0.25) is 14.6 Å². The minimum absolute atomic E-state index is 0.0173. The summed E-state index contributed by atoms with van der Waals surface area (Å²) in [5, 5.41) is 0. The number of hydrogen-bond acceptors (Lipinski definition) is 4. The molecular formula is C25H29N3O3. The molecule has 1 aliphatic carbocycles. The van der Waals surface area contributed by atoms with E-state index in [9.17, 15) is 9.59 Å². The van der Waals surface area contributed by atoms with Crippen molar-refractivity contribution >= 4 is 11.8 Å². The van der Waals surface area contributed by atoms with Crippen LogP contribution in [-0.4, -0.2) is 59.4 Å². The highest BCUT2D eigenvalue weighted by molar-refractivity contribution is 5.92. The van der Waals surface area contributed by atoms with Crippen LogP contribution in [0.5, 0.6) is 5.75 Å². The van der Waals surface area contributed by atoms with Crippen molar-refractivity contribution in [2.75, 3.05) is 26.7 Å². The molecule has 2 aromatic rings. The topological polar surface area (TPSA) is 62.7 Å². The maximum atomic E-state index is 13.2. The maximum Gasteiger partial charge on any atom is 0.272 e. The molecule has 0 radical (unpaired) electrons. The van der Waals surface area contributed by atoms with E-state index in [4.69, 9.17) is 4.74 Å². The molecule has 5 rings (SSSR count). The smallest absolute Gasteiger partial charge is 0.272 e. The lowest BCUT2D eigenvalue weighted by Crippen LogP contribution is -2.51. The molecule has 3 heterocycles. The van der Waals surface area contributed by atoms with Crippen LogP contribution in [0.15, 0.2) is 48.7 Å². The number of carbonyl (C=O) groups excluding carboxylic acids is 2. The molecule has 6 nitrogen and oxygen atoms in total. The van der Waals surface area contributed by atoms with E-state index >= 15 is 0 Å². The van der Waals surface area contributed by atoms with Crippen LogP contribution in [0, 0.1) is 11.8 Å². The van der Waals surface area contributed by atoms with Gasteiger partial charge in [0, 0.05) is 49.6 Å². The summed E-state index contributed by atoms with van der Waals surface area (Å²) in [6.07, 6.45) is 5.68. The van der Waals surface area contributed by atoms with E-state index in [1.54, 1.807) is 19.4 Å². The Morgan fingerprint density at radius 3 is 2.48 bits per heavy atom. The van der Waals surface area contributed by atoms with Crippen LogP contribution in [0.3, 0.4) is 0 Å². The average molecular weight is 420 g/mol. The lowest BCUT2D eigenvalue weighted by atomic mass is 9.81. The SMILES string of the molecule is COc1ccc([C@@H]2CN(C(=O)C3CCC3)[C@H]3CCN(C(=O)c4ccccn4)C[C@@H]23)cc1. The van der Waals surface area contributed by atoms with Crippen LogP contribution in [-0.2, 0) is 4.79 Å². The second kappa shape index (κ2) is 8.33. The molecule has 1 saturated carbocycles. The molecule has 0 spiro atoms. The highest BCUT2D eigenvalue weighted by atomic mass is 16.5. The maximum absolute atomic E-state index is 13.2. The number of methoxy groups -OCH3 is 1. The van der Waals surface area contributed by atoms with Crippen molar-refractivity contribution < 1.29 is 14.3 Å². The van der Waals surface area contributed by atoms with Gasteiger partial charge >= 0.3 is 0 Å². The van der Waals surface area contributed by atoms with Crippen molar-refractivity contribution in [3.8, 4) is 5.75 Å². The fourth-order valence-electron chi connectivity index (χ4n) is 5.42. The number of nitrogens with zero attached hydrogens (tertiary/aromatic N) is 3. The number of likely N-dealkylation sites (tertiary alicyclic amines) is 2. The van der Waals surface area contributed by atoms with Gasteiger partial charge in [0.2, 0.25) is 5.91 Å². The van der Waals surface area contributed by atoms with E-state index < -0.39 is 0 Å². The highest BCUT2D eigenvalue weighted by Crippen LogP contribution is 2.44. The number of ether oxygens (including phenoxy) is 1. The third-order valence-electron chi connectivity index (χ3n) is 7.38. The van der Waals surface area contributed by atoms with Gasteiger partial charge in [0.1, 0.15) is 11.4 Å². The van der Waals surface area contributed by atoms with Crippen LogP contribution in [0.25, 0.3) is 0 Å². The standard InChI is InChI=1S/C25H29N3O3/c1-31-19-10-8-17(9-11-19)20-16-28(24(29)18-5-4-6-18)23-12-14-27(15-21(20)23)25(30)22-7-2-3-13-26-22/h2-3,7-11,13,18,20-21,23H,4-6,12,14-16H2,1H3/t20-,21-,23-/m0/s1. The molecule has 1 aromatic heterocycles. The summed E-state index contributed by atoms with van der Waals surface area (Å²) in [5.41, 5.74) is 1.70. The number of piperidine rings is 1. The molecule has 1 aromatic carbocycles. The van der Waals surface area contributed by atoms with E-state index in [1.165, 1.54) is 5.56 Å². The zero-order valence-electron chi connectivity index (χ0n) is 17.9. The molecule has 2 saturated heterocycles. The largest absolute Gasteiger partial charge is 0.497 e. The van der Waals surface area contributed by atoms with Gasteiger partial charge < -0.3 is 14.5 Å². The molecule has 3 fully saturated rings. The lowest BCUT2D eigenvalue weighted by Gasteiger charge is -2.40. The van der Waals surface area contributed by atoms with Crippen molar-refractivity contribution in [1.82, 2.24) is 14.8 Å². The number of benzene rings is 1. The summed E-state index contributed by atoms with van der Waals surface area (Å²) >= 11 is 0. The molecule has 162 valence electrons. The van der Waals surface area contributed by atoms with Crippen LogP contribution in [0.1, 0.15) is 47.7 Å². The molecule has 6 heteroatoms. The van der Waals surface area contributed by atoms with Crippen molar-refractivity contribution in [2.45, 2.75) is 37.6 Å². The molecule has 0 N–H and O–H groups in total. The number of pyridine rings is 1. The summed E-state index contributed by atoms with van der Waals surface area (Å²) in [7, 11) is 1.67. The Morgan fingerprint density at radius 1 is 1.03 bits per heavy atom. The van der Waals surface area contributed by atoms with Gasteiger partial charge in [-0.2, -0.15) is 0 Å². The fraction of sp³-hybridized carbons (Fsp3) is 0.480. The van der Waals surface area contributed by atoms with Gasteiger partial charge in [-0.25, -0.2) is 0 Å². The first-order valence-electron chi connectivity index (χ1n) is 11.3. The zero-order chi connectivity index (χ0) is 21.4. The number of fused-ring (bicyclic) bond motifs is 1. The minimum atomic E-state index is -0.0173. The summed E-state index contributed by atoms with van der Waals surface area (Å²) in [4.78, 5) is 34.6. The minimum Gasteiger partial charge on any atom is -0.497 e. The summed E-state index contributed by atoms with van der Waals surface area (Å²) in [6.45, 7) is 2.06. The predicted molar refractivity (Wildman–Crippen MR) is 117 cm³/mol. The van der Waals surface area contributed by atoms with Crippen molar-refractivity contribution in [3.63, 3.8) is 0 Å². The second-order valence-electron chi connectivity index (χ2n) is 8.98. The Balaban J connectivity index is 1.41. The number of rotatable bonds is 4. The molecule has 31 heavy (non-hydrogen) atoms. The fourth-order valence-corrected chi connectivity index (χ4v) is 5.42. The van der Waals surface area contributed by atoms with Crippen LogP contribution in [0.2, 0.25) is 0 Å². The van der Waals surface area contributed by atoms with E-state index in [1.807, 2.05) is 29.2 Å².